The van der Waals surface area contributed by atoms with Gasteiger partial charge in [0, 0.05) is 18.7 Å². The third-order valence-corrected chi connectivity index (χ3v) is 3.90. The molecule has 2 N–H and O–H groups in total. The van der Waals surface area contributed by atoms with Crippen LogP contribution in [0.25, 0.3) is 0 Å². The van der Waals surface area contributed by atoms with E-state index >= 15 is 0 Å². The SMILES string of the molecule is CC(C)CCCC(C)Cc1ccc(C(=O)NCCCO)cc1. The lowest BCUT2D eigenvalue weighted by molar-refractivity contribution is 0.0951. The molecule has 1 rings (SSSR count). The van der Waals surface area contributed by atoms with Gasteiger partial charge in [0.1, 0.15) is 0 Å². The molecule has 1 amide bonds. The van der Waals surface area contributed by atoms with Crippen molar-refractivity contribution in [1.29, 1.82) is 0 Å². The smallest absolute Gasteiger partial charge is 0.251 e. The summed E-state index contributed by atoms with van der Waals surface area (Å²) in [6, 6.07) is 7.90. The summed E-state index contributed by atoms with van der Waals surface area (Å²) in [6.07, 6.45) is 5.53. The second kappa shape index (κ2) is 10.4. The zero-order valence-electron chi connectivity index (χ0n) is 14.3. The lowest BCUT2D eigenvalue weighted by Gasteiger charge is -2.13. The Bertz CT molecular complexity index is 426. The lowest BCUT2D eigenvalue weighted by Crippen LogP contribution is -2.24. The first-order chi connectivity index (χ1) is 10.5. The molecule has 124 valence electrons. The molecule has 0 fully saturated rings. The van der Waals surface area contributed by atoms with Crippen molar-refractivity contribution >= 4 is 5.91 Å². The molecule has 22 heavy (non-hydrogen) atoms. The third kappa shape index (κ3) is 7.60. The highest BCUT2D eigenvalue weighted by molar-refractivity contribution is 5.94. The zero-order chi connectivity index (χ0) is 16.4. The summed E-state index contributed by atoms with van der Waals surface area (Å²) in [6.45, 7) is 7.47. The van der Waals surface area contributed by atoms with Crippen molar-refractivity contribution in [2.75, 3.05) is 13.2 Å². The van der Waals surface area contributed by atoms with E-state index in [0.29, 0.717) is 24.4 Å². The van der Waals surface area contributed by atoms with Crippen molar-refractivity contribution in [3.05, 3.63) is 35.4 Å². The van der Waals surface area contributed by atoms with Gasteiger partial charge in [-0.05, 0) is 42.4 Å². The van der Waals surface area contributed by atoms with Gasteiger partial charge < -0.3 is 10.4 Å². The predicted octanol–water partition coefficient (Wildman–Crippen LogP) is 3.80. The number of nitrogens with one attached hydrogen (secondary N) is 1. The second-order valence-electron chi connectivity index (χ2n) is 6.66. The molecular weight excluding hydrogens is 274 g/mol. The summed E-state index contributed by atoms with van der Waals surface area (Å²) >= 11 is 0. The number of hydrogen-bond acceptors (Lipinski definition) is 2. The summed E-state index contributed by atoms with van der Waals surface area (Å²) in [4.78, 5) is 11.9. The van der Waals surface area contributed by atoms with Crippen LogP contribution < -0.4 is 5.32 Å². The van der Waals surface area contributed by atoms with E-state index in [1.807, 2.05) is 12.1 Å². The maximum atomic E-state index is 11.9. The van der Waals surface area contributed by atoms with E-state index < -0.39 is 0 Å². The molecule has 3 heteroatoms. The van der Waals surface area contributed by atoms with Crippen LogP contribution in [0.1, 0.15) is 62.4 Å². The van der Waals surface area contributed by atoms with Crippen molar-refractivity contribution in [3.8, 4) is 0 Å². The van der Waals surface area contributed by atoms with E-state index in [1.54, 1.807) is 0 Å². The van der Waals surface area contributed by atoms with Crippen molar-refractivity contribution in [1.82, 2.24) is 5.32 Å². The number of aliphatic hydroxyl groups excluding tert-OH is 1. The Labute approximate surface area is 135 Å². The van der Waals surface area contributed by atoms with Gasteiger partial charge in [-0.2, -0.15) is 0 Å². The quantitative estimate of drug-likeness (QED) is 0.646. The van der Waals surface area contributed by atoms with Gasteiger partial charge in [0.15, 0.2) is 0 Å². The van der Waals surface area contributed by atoms with Crippen LogP contribution in [0.15, 0.2) is 24.3 Å². The minimum absolute atomic E-state index is 0.0648. The third-order valence-electron chi connectivity index (χ3n) is 3.90. The van der Waals surface area contributed by atoms with Gasteiger partial charge in [-0.15, -0.1) is 0 Å². The molecule has 1 atom stereocenters. The van der Waals surface area contributed by atoms with Crippen molar-refractivity contribution in [2.24, 2.45) is 11.8 Å². The van der Waals surface area contributed by atoms with Crippen LogP contribution in [0.4, 0.5) is 0 Å². The Morgan fingerprint density at radius 2 is 1.77 bits per heavy atom. The summed E-state index contributed by atoms with van der Waals surface area (Å²) in [7, 11) is 0. The summed E-state index contributed by atoms with van der Waals surface area (Å²) in [5.41, 5.74) is 1.98. The Hall–Kier alpha value is -1.35. The van der Waals surface area contributed by atoms with Crippen molar-refractivity contribution in [3.63, 3.8) is 0 Å². The fourth-order valence-electron chi connectivity index (χ4n) is 2.55. The average Bonchev–Trinajstić information content (AvgIpc) is 2.47. The fourth-order valence-corrected chi connectivity index (χ4v) is 2.55. The molecule has 0 saturated heterocycles. The summed E-state index contributed by atoms with van der Waals surface area (Å²) in [5.74, 6) is 1.41. The number of aliphatic hydroxyl groups is 1. The lowest BCUT2D eigenvalue weighted by atomic mass is 9.93. The Balaban J connectivity index is 2.39. The number of hydrogen-bond donors (Lipinski definition) is 2. The molecule has 1 unspecified atom stereocenters. The number of carbonyl (C=O) groups excluding carboxylic acids is 1. The van der Waals surface area contributed by atoms with E-state index in [2.05, 4.69) is 38.2 Å². The standard InChI is InChI=1S/C19H31NO2/c1-15(2)6-4-7-16(3)14-17-8-10-18(11-9-17)19(22)20-12-5-13-21/h8-11,15-16,21H,4-7,12-14H2,1-3H3,(H,20,22). The Morgan fingerprint density at radius 1 is 1.09 bits per heavy atom. The zero-order valence-corrected chi connectivity index (χ0v) is 14.3. The summed E-state index contributed by atoms with van der Waals surface area (Å²) < 4.78 is 0. The number of carbonyl (C=O) groups is 1. The first-order valence-corrected chi connectivity index (χ1v) is 8.51. The molecule has 0 spiro atoms. The first kappa shape index (κ1) is 18.7. The molecule has 0 aliphatic carbocycles. The van der Waals surface area contributed by atoms with Gasteiger partial charge in [0.2, 0.25) is 0 Å². The van der Waals surface area contributed by atoms with Crippen LogP contribution in [-0.2, 0) is 6.42 Å². The molecule has 0 aromatic heterocycles. The van der Waals surface area contributed by atoms with Crippen LogP contribution >= 0.6 is 0 Å². The van der Waals surface area contributed by atoms with Gasteiger partial charge >= 0.3 is 0 Å². The monoisotopic (exact) mass is 305 g/mol. The Morgan fingerprint density at radius 3 is 2.36 bits per heavy atom. The molecule has 1 aromatic rings. The molecule has 0 bridgehead atoms. The molecule has 0 radical (unpaired) electrons. The molecule has 0 heterocycles. The normalized spacial score (nSPS) is 12.4. The van der Waals surface area contributed by atoms with Crippen LogP contribution in [0.2, 0.25) is 0 Å². The topological polar surface area (TPSA) is 49.3 Å². The fraction of sp³-hybridized carbons (Fsp3) is 0.632. The van der Waals surface area contributed by atoms with E-state index in [-0.39, 0.29) is 12.5 Å². The van der Waals surface area contributed by atoms with Gasteiger partial charge in [0.25, 0.3) is 5.91 Å². The largest absolute Gasteiger partial charge is 0.396 e. The van der Waals surface area contributed by atoms with Crippen molar-refractivity contribution in [2.45, 2.75) is 52.9 Å². The molecule has 0 aliphatic rings. The van der Waals surface area contributed by atoms with Crippen molar-refractivity contribution < 1.29 is 9.90 Å². The van der Waals surface area contributed by atoms with Gasteiger partial charge in [-0.25, -0.2) is 0 Å². The van der Waals surface area contributed by atoms with E-state index in [4.69, 9.17) is 5.11 Å². The highest BCUT2D eigenvalue weighted by atomic mass is 16.3. The highest BCUT2D eigenvalue weighted by Gasteiger charge is 2.07. The molecule has 1 aromatic carbocycles. The maximum Gasteiger partial charge on any atom is 0.251 e. The van der Waals surface area contributed by atoms with Gasteiger partial charge in [-0.3, -0.25) is 4.79 Å². The minimum Gasteiger partial charge on any atom is -0.396 e. The average molecular weight is 305 g/mol. The highest BCUT2D eigenvalue weighted by Crippen LogP contribution is 2.17. The molecule has 0 saturated carbocycles. The van der Waals surface area contributed by atoms with Crippen LogP contribution in [0.5, 0.6) is 0 Å². The Kier molecular flexibility index (Phi) is 8.83. The number of amides is 1. The summed E-state index contributed by atoms with van der Waals surface area (Å²) in [5, 5.41) is 11.5. The van der Waals surface area contributed by atoms with E-state index in [9.17, 15) is 4.79 Å². The number of rotatable bonds is 10. The van der Waals surface area contributed by atoms with Crippen LogP contribution in [0.3, 0.4) is 0 Å². The maximum absolute atomic E-state index is 11.9. The molecule has 0 aliphatic heterocycles. The first-order valence-electron chi connectivity index (χ1n) is 8.51. The van der Waals surface area contributed by atoms with Gasteiger partial charge in [0.05, 0.1) is 0 Å². The molecular formula is C19H31NO2. The number of benzene rings is 1. The van der Waals surface area contributed by atoms with Crippen LogP contribution in [-0.4, -0.2) is 24.2 Å². The predicted molar refractivity (Wildman–Crippen MR) is 92.0 cm³/mol. The van der Waals surface area contributed by atoms with E-state index in [1.165, 1.54) is 24.8 Å². The molecule has 3 nitrogen and oxygen atoms in total. The minimum atomic E-state index is -0.0648. The van der Waals surface area contributed by atoms with Crippen LogP contribution in [0, 0.1) is 11.8 Å². The second-order valence-corrected chi connectivity index (χ2v) is 6.66. The van der Waals surface area contributed by atoms with Gasteiger partial charge in [-0.1, -0.05) is 52.2 Å². The van der Waals surface area contributed by atoms with E-state index in [0.717, 1.165) is 12.3 Å².